The first kappa shape index (κ1) is 21.2. The second-order valence-corrected chi connectivity index (χ2v) is 8.44. The number of likely N-dealkylation sites (tertiary alicyclic amines) is 1. The summed E-state index contributed by atoms with van der Waals surface area (Å²) in [7, 11) is 0. The maximum Gasteiger partial charge on any atom is 0.416 e. The Morgan fingerprint density at radius 1 is 1.13 bits per heavy atom. The van der Waals surface area contributed by atoms with Gasteiger partial charge in [0, 0.05) is 43.9 Å². The fourth-order valence-corrected chi connectivity index (χ4v) is 5.38. The number of hydrogen-bond acceptors (Lipinski definition) is 3. The number of rotatable bonds is 2. The molecule has 2 N–H and O–H groups in total. The Labute approximate surface area is 178 Å². The summed E-state index contributed by atoms with van der Waals surface area (Å²) >= 11 is 0. The van der Waals surface area contributed by atoms with E-state index in [1.54, 1.807) is 12.1 Å². The van der Waals surface area contributed by atoms with Crippen LogP contribution in [-0.2, 0) is 19.1 Å². The molecule has 1 aliphatic carbocycles. The SMILES string of the molecule is Cl.O=C(c1n[nH]c2c1CNCC2)N1C[C@H]2C[C@H](c3ccccc3C(F)(F)F)C[C@H]2C1. The standard InChI is InChI=1S/C21H23F3N4O.ClH/c22-21(23,24)17-4-2-1-3-15(17)12-7-13-10-28(11-14(13)8-12)20(29)19-16-9-25-6-5-18(16)26-27-19;/h1-4,12-14,25H,5-11H2,(H,26,27);1H/t12-,13+,14-;. The maximum absolute atomic E-state index is 13.4. The minimum Gasteiger partial charge on any atom is -0.337 e. The molecular weight excluding hydrogens is 417 g/mol. The van der Waals surface area contributed by atoms with Crippen LogP contribution in [0.15, 0.2) is 24.3 Å². The van der Waals surface area contributed by atoms with E-state index >= 15 is 0 Å². The van der Waals surface area contributed by atoms with Crippen molar-refractivity contribution in [2.24, 2.45) is 11.8 Å². The fourth-order valence-electron chi connectivity index (χ4n) is 5.38. The van der Waals surface area contributed by atoms with Gasteiger partial charge in [0.15, 0.2) is 5.69 Å². The Bertz CT molecular complexity index is 931. The molecule has 162 valence electrons. The van der Waals surface area contributed by atoms with E-state index < -0.39 is 11.7 Å². The number of hydrogen-bond donors (Lipinski definition) is 2. The van der Waals surface area contributed by atoms with Crippen molar-refractivity contribution in [3.05, 3.63) is 52.3 Å². The summed E-state index contributed by atoms with van der Waals surface area (Å²) in [4.78, 5) is 14.9. The van der Waals surface area contributed by atoms with Gasteiger partial charge in [-0.2, -0.15) is 18.3 Å². The summed E-state index contributed by atoms with van der Waals surface area (Å²) in [6.45, 7) is 2.72. The van der Waals surface area contributed by atoms with Crippen molar-refractivity contribution in [2.75, 3.05) is 19.6 Å². The molecule has 30 heavy (non-hydrogen) atoms. The van der Waals surface area contributed by atoms with E-state index in [4.69, 9.17) is 0 Å². The van der Waals surface area contributed by atoms with Crippen molar-refractivity contribution >= 4 is 18.3 Å². The smallest absolute Gasteiger partial charge is 0.337 e. The number of halogens is 4. The third-order valence-electron chi connectivity index (χ3n) is 6.75. The molecule has 0 radical (unpaired) electrons. The Balaban J connectivity index is 0.00000218. The summed E-state index contributed by atoms with van der Waals surface area (Å²) in [5.74, 6) is 0.339. The highest BCUT2D eigenvalue weighted by atomic mass is 35.5. The fraction of sp³-hybridized carbons (Fsp3) is 0.524. The quantitative estimate of drug-likeness (QED) is 0.747. The number of carbonyl (C=O) groups is 1. The van der Waals surface area contributed by atoms with Gasteiger partial charge < -0.3 is 10.2 Å². The van der Waals surface area contributed by atoms with Crippen LogP contribution in [0.5, 0.6) is 0 Å². The molecule has 1 saturated heterocycles. The Morgan fingerprint density at radius 3 is 2.53 bits per heavy atom. The van der Waals surface area contributed by atoms with Crippen molar-refractivity contribution in [1.82, 2.24) is 20.4 Å². The highest BCUT2D eigenvalue weighted by Crippen LogP contribution is 2.49. The summed E-state index contributed by atoms with van der Waals surface area (Å²) in [6, 6.07) is 5.92. The van der Waals surface area contributed by atoms with Crippen LogP contribution in [0.25, 0.3) is 0 Å². The highest BCUT2D eigenvalue weighted by Gasteiger charge is 2.45. The number of amides is 1. The molecule has 1 aromatic heterocycles. The average molecular weight is 441 g/mol. The Kier molecular flexibility index (Phi) is 5.57. The topological polar surface area (TPSA) is 61.0 Å². The second-order valence-electron chi connectivity index (χ2n) is 8.44. The van der Waals surface area contributed by atoms with Crippen molar-refractivity contribution in [3.63, 3.8) is 0 Å². The van der Waals surface area contributed by atoms with Gasteiger partial charge in [-0.05, 0) is 42.2 Å². The van der Waals surface area contributed by atoms with Crippen molar-refractivity contribution in [3.8, 4) is 0 Å². The zero-order chi connectivity index (χ0) is 20.2. The molecule has 0 unspecified atom stereocenters. The first-order valence-electron chi connectivity index (χ1n) is 10.1. The molecule has 0 spiro atoms. The minimum atomic E-state index is -4.33. The lowest BCUT2D eigenvalue weighted by Crippen LogP contribution is -2.32. The van der Waals surface area contributed by atoms with Gasteiger partial charge in [0.2, 0.25) is 0 Å². The number of benzene rings is 1. The van der Waals surface area contributed by atoms with Crippen LogP contribution in [0.4, 0.5) is 13.2 Å². The molecule has 3 heterocycles. The zero-order valence-corrected chi connectivity index (χ0v) is 17.2. The van der Waals surface area contributed by atoms with Gasteiger partial charge in [0.05, 0.1) is 5.56 Å². The van der Waals surface area contributed by atoms with Gasteiger partial charge >= 0.3 is 6.18 Å². The first-order chi connectivity index (χ1) is 13.9. The molecule has 1 aromatic carbocycles. The van der Waals surface area contributed by atoms with E-state index in [0.717, 1.165) is 24.2 Å². The summed E-state index contributed by atoms with van der Waals surface area (Å²) in [6.07, 6.45) is -2.10. The van der Waals surface area contributed by atoms with E-state index in [1.807, 2.05) is 4.90 Å². The molecule has 0 bridgehead atoms. The molecule has 2 aliphatic heterocycles. The molecule has 3 aliphatic rings. The second kappa shape index (κ2) is 7.89. The third kappa shape index (κ3) is 3.60. The van der Waals surface area contributed by atoms with Gasteiger partial charge in [-0.1, -0.05) is 18.2 Å². The van der Waals surface area contributed by atoms with E-state index in [9.17, 15) is 18.0 Å². The van der Waals surface area contributed by atoms with Gasteiger partial charge in [0.1, 0.15) is 0 Å². The average Bonchev–Trinajstić information content (AvgIpc) is 3.39. The van der Waals surface area contributed by atoms with Gasteiger partial charge in [-0.3, -0.25) is 9.89 Å². The molecule has 2 aromatic rings. The Morgan fingerprint density at radius 2 is 1.83 bits per heavy atom. The van der Waals surface area contributed by atoms with Crippen LogP contribution in [0.3, 0.4) is 0 Å². The maximum atomic E-state index is 13.4. The Hall–Kier alpha value is -2.06. The number of alkyl halides is 3. The van der Waals surface area contributed by atoms with E-state index in [0.29, 0.717) is 43.7 Å². The summed E-state index contributed by atoms with van der Waals surface area (Å²) in [5.41, 5.74) is 2.35. The molecule has 1 amide bonds. The number of carbonyl (C=O) groups excluding carboxylic acids is 1. The summed E-state index contributed by atoms with van der Waals surface area (Å²) < 4.78 is 40.2. The highest BCUT2D eigenvalue weighted by molar-refractivity contribution is 5.94. The summed E-state index contributed by atoms with van der Waals surface area (Å²) in [5, 5.41) is 10.5. The number of fused-ring (bicyclic) bond motifs is 2. The number of nitrogens with zero attached hydrogens (tertiary/aromatic N) is 2. The molecule has 3 atom stereocenters. The van der Waals surface area contributed by atoms with Crippen molar-refractivity contribution in [2.45, 2.75) is 37.9 Å². The van der Waals surface area contributed by atoms with Gasteiger partial charge in [-0.15, -0.1) is 12.4 Å². The lowest BCUT2D eigenvalue weighted by atomic mass is 9.91. The van der Waals surface area contributed by atoms with Crippen molar-refractivity contribution in [1.29, 1.82) is 0 Å². The molecular formula is C21H24ClF3N4O. The van der Waals surface area contributed by atoms with Crippen LogP contribution < -0.4 is 5.32 Å². The number of nitrogens with one attached hydrogen (secondary N) is 2. The lowest BCUT2D eigenvalue weighted by molar-refractivity contribution is -0.138. The minimum absolute atomic E-state index is 0. The molecule has 5 rings (SSSR count). The van der Waals surface area contributed by atoms with E-state index in [-0.39, 0.29) is 36.1 Å². The number of H-pyrrole nitrogens is 1. The normalized spacial score (nSPS) is 25.6. The monoisotopic (exact) mass is 440 g/mol. The molecule has 2 fully saturated rings. The number of aromatic amines is 1. The van der Waals surface area contributed by atoms with Crippen LogP contribution >= 0.6 is 12.4 Å². The van der Waals surface area contributed by atoms with Crippen LogP contribution in [0.2, 0.25) is 0 Å². The van der Waals surface area contributed by atoms with Crippen LogP contribution in [0, 0.1) is 11.8 Å². The first-order valence-corrected chi connectivity index (χ1v) is 10.1. The third-order valence-corrected chi connectivity index (χ3v) is 6.75. The molecule has 9 heteroatoms. The zero-order valence-electron chi connectivity index (χ0n) is 16.3. The van der Waals surface area contributed by atoms with Gasteiger partial charge in [0.25, 0.3) is 5.91 Å². The molecule has 5 nitrogen and oxygen atoms in total. The van der Waals surface area contributed by atoms with E-state index in [1.165, 1.54) is 12.1 Å². The van der Waals surface area contributed by atoms with Crippen LogP contribution in [-0.4, -0.2) is 40.6 Å². The predicted molar refractivity (Wildman–Crippen MR) is 108 cm³/mol. The van der Waals surface area contributed by atoms with Gasteiger partial charge in [-0.25, -0.2) is 0 Å². The largest absolute Gasteiger partial charge is 0.416 e. The molecule has 1 saturated carbocycles. The number of aromatic nitrogens is 2. The van der Waals surface area contributed by atoms with Crippen molar-refractivity contribution < 1.29 is 18.0 Å². The van der Waals surface area contributed by atoms with Crippen LogP contribution in [0.1, 0.15) is 51.6 Å². The predicted octanol–water partition coefficient (Wildman–Crippen LogP) is 3.76. The van der Waals surface area contributed by atoms with E-state index in [2.05, 4.69) is 15.5 Å². The lowest BCUT2D eigenvalue weighted by Gasteiger charge is -2.21.